The van der Waals surface area contributed by atoms with Gasteiger partial charge in [0.05, 0.1) is 4.92 Å². The highest BCUT2D eigenvalue weighted by molar-refractivity contribution is 5.97. The van der Waals surface area contributed by atoms with Crippen molar-refractivity contribution in [2.24, 2.45) is 5.84 Å². The minimum Gasteiger partial charge on any atom is -0.290 e. The Labute approximate surface area is 87.2 Å². The van der Waals surface area contributed by atoms with Gasteiger partial charge in [-0.15, -0.1) is 0 Å². The molecule has 1 aromatic rings. The number of hydrogen-bond donors (Lipinski definition) is 2. The standard InChI is InChI=1S/C7H7N3O3.C2H6/c8-9-7(11)5-3-1-2-4-6(5)10(12)13;1-2/h1-4H,8H2,(H,9,11);1-2H3. The molecule has 0 aliphatic carbocycles. The summed E-state index contributed by atoms with van der Waals surface area (Å²) in [5.41, 5.74) is 1.53. The largest absolute Gasteiger partial charge is 0.290 e. The molecule has 0 aliphatic rings. The van der Waals surface area contributed by atoms with E-state index >= 15 is 0 Å². The average molecular weight is 211 g/mol. The van der Waals surface area contributed by atoms with Crippen LogP contribution >= 0.6 is 0 Å². The molecule has 0 saturated heterocycles. The lowest BCUT2D eigenvalue weighted by molar-refractivity contribution is -0.385. The molecule has 0 radical (unpaired) electrons. The fourth-order valence-corrected chi connectivity index (χ4v) is 0.903. The molecule has 0 spiro atoms. The molecule has 0 heterocycles. The third-order valence-corrected chi connectivity index (χ3v) is 1.48. The number of nitrogens with one attached hydrogen (secondary N) is 1. The number of nitrogens with two attached hydrogens (primary N) is 1. The minimum absolute atomic E-state index is 0.0463. The van der Waals surface area contributed by atoms with Crippen molar-refractivity contribution in [1.29, 1.82) is 0 Å². The van der Waals surface area contributed by atoms with Crippen molar-refractivity contribution in [3.05, 3.63) is 39.9 Å². The van der Waals surface area contributed by atoms with E-state index in [0.717, 1.165) is 0 Å². The molecule has 0 saturated carbocycles. The summed E-state index contributed by atoms with van der Waals surface area (Å²) in [4.78, 5) is 20.8. The summed E-state index contributed by atoms with van der Waals surface area (Å²) in [6, 6.07) is 5.58. The van der Waals surface area contributed by atoms with Crippen LogP contribution in [0.3, 0.4) is 0 Å². The molecule has 1 amide bonds. The lowest BCUT2D eigenvalue weighted by Crippen LogP contribution is -2.30. The van der Waals surface area contributed by atoms with Gasteiger partial charge in [-0.05, 0) is 6.07 Å². The predicted octanol–water partition coefficient (Wildman–Crippen LogP) is 1.22. The summed E-state index contributed by atoms with van der Waals surface area (Å²) >= 11 is 0. The van der Waals surface area contributed by atoms with E-state index < -0.39 is 10.8 Å². The summed E-state index contributed by atoms with van der Waals surface area (Å²) in [5, 5.41) is 10.4. The molecule has 0 bridgehead atoms. The van der Waals surface area contributed by atoms with Crippen molar-refractivity contribution >= 4 is 11.6 Å². The first-order valence-electron chi connectivity index (χ1n) is 4.41. The maximum Gasteiger partial charge on any atom is 0.282 e. The lowest BCUT2D eigenvalue weighted by Gasteiger charge is -1.99. The molecule has 0 atom stereocenters. The third kappa shape index (κ3) is 3.35. The van der Waals surface area contributed by atoms with E-state index in [-0.39, 0.29) is 11.3 Å². The van der Waals surface area contributed by atoms with E-state index in [4.69, 9.17) is 5.84 Å². The number of benzene rings is 1. The van der Waals surface area contributed by atoms with Gasteiger partial charge in [0.25, 0.3) is 11.6 Å². The summed E-state index contributed by atoms with van der Waals surface area (Å²) in [5.74, 6) is 4.18. The average Bonchev–Trinajstić information content (AvgIpc) is 2.30. The van der Waals surface area contributed by atoms with Gasteiger partial charge in [-0.2, -0.15) is 0 Å². The number of para-hydroxylation sites is 1. The molecule has 0 unspecified atom stereocenters. The van der Waals surface area contributed by atoms with Crippen LogP contribution in [0.5, 0.6) is 0 Å². The van der Waals surface area contributed by atoms with Gasteiger partial charge in [-0.3, -0.25) is 20.3 Å². The van der Waals surface area contributed by atoms with Crippen LogP contribution in [0, 0.1) is 10.1 Å². The Bertz CT molecular complexity index is 352. The molecule has 1 rings (SSSR count). The van der Waals surface area contributed by atoms with Gasteiger partial charge in [-0.1, -0.05) is 26.0 Å². The van der Waals surface area contributed by atoms with Crippen molar-refractivity contribution in [3.63, 3.8) is 0 Å². The van der Waals surface area contributed by atoms with Crippen LogP contribution in [0.2, 0.25) is 0 Å². The molecule has 3 N–H and O–H groups in total. The first kappa shape index (κ1) is 13.1. The van der Waals surface area contributed by atoms with Crippen LogP contribution in [-0.2, 0) is 0 Å². The zero-order valence-corrected chi connectivity index (χ0v) is 8.56. The van der Waals surface area contributed by atoms with Crippen molar-refractivity contribution in [2.45, 2.75) is 13.8 Å². The first-order valence-corrected chi connectivity index (χ1v) is 4.41. The molecule has 0 fully saturated rings. The van der Waals surface area contributed by atoms with Gasteiger partial charge >= 0.3 is 0 Å². The number of amides is 1. The Kier molecular flexibility index (Phi) is 5.65. The van der Waals surface area contributed by atoms with Crippen molar-refractivity contribution < 1.29 is 9.72 Å². The quantitative estimate of drug-likeness (QED) is 0.332. The minimum atomic E-state index is -0.674. The van der Waals surface area contributed by atoms with Gasteiger partial charge in [-0.25, -0.2) is 5.84 Å². The lowest BCUT2D eigenvalue weighted by atomic mass is 10.2. The Morgan fingerprint density at radius 3 is 2.40 bits per heavy atom. The number of hydrazine groups is 1. The van der Waals surface area contributed by atoms with Crippen molar-refractivity contribution in [1.82, 2.24) is 5.43 Å². The molecule has 15 heavy (non-hydrogen) atoms. The molecule has 0 aliphatic heterocycles. The van der Waals surface area contributed by atoms with Gasteiger partial charge in [0.2, 0.25) is 0 Å². The molecule has 82 valence electrons. The van der Waals surface area contributed by atoms with Crippen LogP contribution in [0.25, 0.3) is 0 Å². The summed E-state index contributed by atoms with van der Waals surface area (Å²) < 4.78 is 0. The van der Waals surface area contributed by atoms with Crippen LogP contribution in [0.15, 0.2) is 24.3 Å². The van der Waals surface area contributed by atoms with E-state index in [1.807, 2.05) is 19.3 Å². The Hall–Kier alpha value is -1.95. The fourth-order valence-electron chi connectivity index (χ4n) is 0.903. The van der Waals surface area contributed by atoms with Gasteiger partial charge in [0.15, 0.2) is 0 Å². The fraction of sp³-hybridized carbons (Fsp3) is 0.222. The number of rotatable bonds is 2. The van der Waals surface area contributed by atoms with E-state index in [1.54, 1.807) is 0 Å². The van der Waals surface area contributed by atoms with E-state index in [1.165, 1.54) is 24.3 Å². The molecule has 6 heteroatoms. The zero-order valence-electron chi connectivity index (χ0n) is 8.56. The van der Waals surface area contributed by atoms with Crippen LogP contribution in [0.4, 0.5) is 5.69 Å². The normalized spacial score (nSPS) is 8.47. The van der Waals surface area contributed by atoms with Gasteiger partial charge < -0.3 is 0 Å². The Morgan fingerprint density at radius 1 is 1.40 bits per heavy atom. The maximum absolute atomic E-state index is 11.0. The van der Waals surface area contributed by atoms with Gasteiger partial charge in [0.1, 0.15) is 5.56 Å². The third-order valence-electron chi connectivity index (χ3n) is 1.48. The van der Waals surface area contributed by atoms with Crippen LogP contribution < -0.4 is 11.3 Å². The molecule has 6 nitrogen and oxygen atoms in total. The highest BCUT2D eigenvalue weighted by Gasteiger charge is 2.17. The number of hydrogen-bond acceptors (Lipinski definition) is 4. The monoisotopic (exact) mass is 211 g/mol. The molecular weight excluding hydrogens is 198 g/mol. The van der Waals surface area contributed by atoms with Crippen molar-refractivity contribution in [3.8, 4) is 0 Å². The number of nitro benzene ring substituents is 1. The molecule has 0 aromatic heterocycles. The smallest absolute Gasteiger partial charge is 0.282 e. The maximum atomic E-state index is 11.0. The second-order valence-electron chi connectivity index (χ2n) is 2.25. The Morgan fingerprint density at radius 2 is 1.93 bits per heavy atom. The van der Waals surface area contributed by atoms with E-state index in [9.17, 15) is 14.9 Å². The first-order chi connectivity index (χ1) is 7.16. The van der Waals surface area contributed by atoms with Crippen molar-refractivity contribution in [2.75, 3.05) is 0 Å². The number of carbonyl (C=O) groups excluding carboxylic acids is 1. The SMILES string of the molecule is CC.NNC(=O)c1ccccc1[N+](=O)[O-]. The number of nitrogen functional groups attached to an aromatic ring is 1. The van der Waals surface area contributed by atoms with E-state index in [0.29, 0.717) is 0 Å². The molecular formula is C9H13N3O3. The number of nitro groups is 1. The number of nitrogens with zero attached hydrogens (tertiary/aromatic N) is 1. The van der Waals surface area contributed by atoms with Gasteiger partial charge in [0, 0.05) is 6.07 Å². The molecule has 1 aromatic carbocycles. The van der Waals surface area contributed by atoms with E-state index in [2.05, 4.69) is 0 Å². The predicted molar refractivity (Wildman–Crippen MR) is 56.1 cm³/mol. The summed E-state index contributed by atoms with van der Waals surface area (Å²) in [6.45, 7) is 4.00. The zero-order chi connectivity index (χ0) is 11.8. The summed E-state index contributed by atoms with van der Waals surface area (Å²) in [7, 11) is 0. The second-order valence-corrected chi connectivity index (χ2v) is 2.25. The second kappa shape index (κ2) is 6.50. The van der Waals surface area contributed by atoms with Crippen LogP contribution in [-0.4, -0.2) is 10.8 Å². The van der Waals surface area contributed by atoms with Crippen LogP contribution in [0.1, 0.15) is 24.2 Å². The Balaban J connectivity index is 0.000000921. The number of carbonyl (C=O) groups is 1. The highest BCUT2D eigenvalue weighted by atomic mass is 16.6. The summed E-state index contributed by atoms with van der Waals surface area (Å²) in [6.07, 6.45) is 0. The highest BCUT2D eigenvalue weighted by Crippen LogP contribution is 2.16. The topological polar surface area (TPSA) is 98.3 Å².